The van der Waals surface area contributed by atoms with Crippen molar-refractivity contribution >= 4 is 11.6 Å². The summed E-state index contributed by atoms with van der Waals surface area (Å²) in [5.41, 5.74) is 2.40. The lowest BCUT2D eigenvalue weighted by Crippen LogP contribution is -2.36. The van der Waals surface area contributed by atoms with Crippen molar-refractivity contribution in [2.75, 3.05) is 24.5 Å². The lowest BCUT2D eigenvalue weighted by atomic mass is 10.1. The summed E-state index contributed by atoms with van der Waals surface area (Å²) in [6.07, 6.45) is 2.32. The molecule has 0 aromatic carbocycles. The summed E-state index contributed by atoms with van der Waals surface area (Å²) in [4.78, 5) is 8.91. The fourth-order valence-electron chi connectivity index (χ4n) is 1.87. The maximum atomic E-state index is 5.44. The Bertz CT molecular complexity index is 417. The molecular weight excluding hydrogens is 230 g/mol. The molecule has 0 bridgehead atoms. The number of hydrogen-bond acceptors (Lipinski definition) is 6. The largest absolute Gasteiger partial charge is 0.382 e. The third kappa shape index (κ3) is 3.30. The highest BCUT2D eigenvalue weighted by molar-refractivity contribution is 5.48. The molecule has 6 heteroatoms. The van der Waals surface area contributed by atoms with E-state index in [0.29, 0.717) is 18.3 Å². The van der Waals surface area contributed by atoms with Crippen molar-refractivity contribution in [3.8, 4) is 0 Å². The standard InChI is InChI=1S/C12H21N5O/c1-12(2,7-18-3)16-9-6-10(17-13)15-11(14-9)8-4-5-8/h6,8H,4-5,7,13H2,1-3H3,(H2,14,15,16,17). The molecule has 0 unspecified atom stereocenters. The molecule has 18 heavy (non-hydrogen) atoms. The maximum Gasteiger partial charge on any atom is 0.145 e. The molecule has 0 saturated heterocycles. The average molecular weight is 251 g/mol. The fraction of sp³-hybridized carbons (Fsp3) is 0.667. The number of hydrogen-bond donors (Lipinski definition) is 3. The normalized spacial score (nSPS) is 15.6. The Morgan fingerprint density at radius 3 is 2.61 bits per heavy atom. The zero-order valence-electron chi connectivity index (χ0n) is 11.2. The topological polar surface area (TPSA) is 85.1 Å². The first-order valence-corrected chi connectivity index (χ1v) is 6.17. The number of hydrazine groups is 1. The Morgan fingerprint density at radius 1 is 1.39 bits per heavy atom. The molecule has 0 atom stereocenters. The van der Waals surface area contributed by atoms with Crippen molar-refractivity contribution < 1.29 is 4.74 Å². The summed E-state index contributed by atoms with van der Waals surface area (Å²) in [6, 6.07) is 1.81. The molecule has 1 aliphatic rings. The van der Waals surface area contributed by atoms with Crippen molar-refractivity contribution in [1.82, 2.24) is 9.97 Å². The third-order valence-corrected chi connectivity index (χ3v) is 2.81. The van der Waals surface area contributed by atoms with E-state index in [1.165, 1.54) is 0 Å². The highest BCUT2D eigenvalue weighted by atomic mass is 16.5. The summed E-state index contributed by atoms with van der Waals surface area (Å²) in [6.45, 7) is 4.72. The first-order valence-electron chi connectivity index (χ1n) is 6.17. The first kappa shape index (κ1) is 13.0. The zero-order valence-corrected chi connectivity index (χ0v) is 11.2. The van der Waals surface area contributed by atoms with Crippen LogP contribution in [-0.2, 0) is 4.74 Å². The van der Waals surface area contributed by atoms with Gasteiger partial charge >= 0.3 is 0 Å². The molecule has 1 aromatic heterocycles. The van der Waals surface area contributed by atoms with Crippen molar-refractivity contribution in [3.05, 3.63) is 11.9 Å². The van der Waals surface area contributed by atoms with Crippen LogP contribution in [0.2, 0.25) is 0 Å². The molecule has 6 nitrogen and oxygen atoms in total. The van der Waals surface area contributed by atoms with E-state index in [4.69, 9.17) is 10.6 Å². The second-order valence-corrected chi connectivity index (χ2v) is 5.36. The Morgan fingerprint density at radius 2 is 2.06 bits per heavy atom. The molecule has 0 aliphatic heterocycles. The lowest BCUT2D eigenvalue weighted by molar-refractivity contribution is 0.158. The van der Waals surface area contributed by atoms with Gasteiger partial charge in [-0.05, 0) is 26.7 Å². The predicted molar refractivity (Wildman–Crippen MR) is 71.4 cm³/mol. The number of methoxy groups -OCH3 is 1. The number of nitrogens with zero attached hydrogens (tertiary/aromatic N) is 2. The van der Waals surface area contributed by atoms with Crippen molar-refractivity contribution in [2.24, 2.45) is 5.84 Å². The van der Waals surface area contributed by atoms with Gasteiger partial charge < -0.3 is 15.5 Å². The van der Waals surface area contributed by atoms with Crippen LogP contribution in [0.25, 0.3) is 0 Å². The molecule has 1 heterocycles. The minimum absolute atomic E-state index is 0.185. The zero-order chi connectivity index (χ0) is 13.2. The van der Waals surface area contributed by atoms with Crippen LogP contribution in [0.4, 0.5) is 11.6 Å². The second kappa shape index (κ2) is 5.07. The van der Waals surface area contributed by atoms with E-state index in [0.717, 1.165) is 24.5 Å². The molecule has 1 saturated carbocycles. The van der Waals surface area contributed by atoms with Crippen molar-refractivity contribution in [2.45, 2.75) is 38.1 Å². The highest BCUT2D eigenvalue weighted by Crippen LogP contribution is 2.38. The van der Waals surface area contributed by atoms with Crippen LogP contribution in [0.15, 0.2) is 6.07 Å². The van der Waals surface area contributed by atoms with Crippen molar-refractivity contribution in [3.63, 3.8) is 0 Å². The number of ether oxygens (including phenoxy) is 1. The smallest absolute Gasteiger partial charge is 0.145 e. The minimum Gasteiger partial charge on any atom is -0.382 e. The highest BCUT2D eigenvalue weighted by Gasteiger charge is 2.28. The second-order valence-electron chi connectivity index (χ2n) is 5.36. The maximum absolute atomic E-state index is 5.44. The monoisotopic (exact) mass is 251 g/mol. The van der Waals surface area contributed by atoms with Gasteiger partial charge in [-0.1, -0.05) is 0 Å². The van der Waals surface area contributed by atoms with E-state index < -0.39 is 0 Å². The van der Waals surface area contributed by atoms with E-state index in [9.17, 15) is 0 Å². The van der Waals surface area contributed by atoms with Crippen LogP contribution < -0.4 is 16.6 Å². The van der Waals surface area contributed by atoms with Gasteiger partial charge in [0.2, 0.25) is 0 Å². The van der Waals surface area contributed by atoms with Gasteiger partial charge in [0.05, 0.1) is 12.1 Å². The first-order chi connectivity index (χ1) is 8.54. The number of nitrogens with two attached hydrogens (primary N) is 1. The minimum atomic E-state index is -0.185. The average Bonchev–Trinajstić information content (AvgIpc) is 3.11. The summed E-state index contributed by atoms with van der Waals surface area (Å²) in [5.74, 6) is 8.21. The van der Waals surface area contributed by atoms with Crippen molar-refractivity contribution in [1.29, 1.82) is 0 Å². The number of rotatable bonds is 6. The quantitative estimate of drug-likeness (QED) is 0.524. The van der Waals surface area contributed by atoms with Crippen LogP contribution in [0.3, 0.4) is 0 Å². The van der Waals surface area contributed by atoms with Gasteiger partial charge in [0.15, 0.2) is 0 Å². The number of aromatic nitrogens is 2. The van der Waals surface area contributed by atoms with Crippen LogP contribution >= 0.6 is 0 Å². The van der Waals surface area contributed by atoms with Gasteiger partial charge in [-0.15, -0.1) is 0 Å². The fourth-order valence-corrected chi connectivity index (χ4v) is 1.87. The van der Waals surface area contributed by atoms with Gasteiger partial charge in [-0.2, -0.15) is 0 Å². The van der Waals surface area contributed by atoms with E-state index in [2.05, 4.69) is 34.6 Å². The molecule has 1 fully saturated rings. The predicted octanol–water partition coefficient (Wildman–Crippen LogP) is 1.48. The number of anilines is 2. The molecular formula is C12H21N5O. The van der Waals surface area contributed by atoms with Gasteiger partial charge in [-0.25, -0.2) is 15.8 Å². The van der Waals surface area contributed by atoms with E-state index in [1.807, 2.05) is 6.07 Å². The van der Waals surface area contributed by atoms with Gasteiger partial charge in [0.25, 0.3) is 0 Å². The molecule has 1 aromatic rings. The molecule has 0 amide bonds. The third-order valence-electron chi connectivity index (χ3n) is 2.81. The number of nitrogen functional groups attached to an aromatic ring is 1. The molecule has 2 rings (SSSR count). The van der Waals surface area contributed by atoms with Gasteiger partial charge in [-0.3, -0.25) is 0 Å². The van der Waals surface area contributed by atoms with E-state index in [1.54, 1.807) is 7.11 Å². The van der Waals surface area contributed by atoms with Crippen LogP contribution in [-0.4, -0.2) is 29.2 Å². The Balaban J connectivity index is 2.18. The molecule has 0 radical (unpaired) electrons. The summed E-state index contributed by atoms with van der Waals surface area (Å²) >= 11 is 0. The molecule has 4 N–H and O–H groups in total. The lowest BCUT2D eigenvalue weighted by Gasteiger charge is -2.26. The molecule has 0 spiro atoms. The van der Waals surface area contributed by atoms with E-state index in [-0.39, 0.29) is 5.54 Å². The van der Waals surface area contributed by atoms with Crippen LogP contribution in [0.1, 0.15) is 38.4 Å². The van der Waals surface area contributed by atoms with Gasteiger partial charge in [0, 0.05) is 19.1 Å². The van der Waals surface area contributed by atoms with Crippen LogP contribution in [0.5, 0.6) is 0 Å². The summed E-state index contributed by atoms with van der Waals surface area (Å²) < 4.78 is 5.18. The molecule has 1 aliphatic carbocycles. The van der Waals surface area contributed by atoms with Gasteiger partial charge in [0.1, 0.15) is 17.5 Å². The summed E-state index contributed by atoms with van der Waals surface area (Å²) in [5, 5.41) is 3.35. The Kier molecular flexibility index (Phi) is 3.68. The Labute approximate surface area is 107 Å². The number of nitrogens with one attached hydrogen (secondary N) is 2. The SMILES string of the molecule is COCC(C)(C)Nc1cc(NN)nc(C2CC2)n1. The Hall–Kier alpha value is -1.40. The van der Waals surface area contributed by atoms with E-state index >= 15 is 0 Å². The summed E-state index contributed by atoms with van der Waals surface area (Å²) in [7, 11) is 1.69. The molecule has 100 valence electrons. The van der Waals surface area contributed by atoms with Crippen LogP contribution in [0, 0.1) is 0 Å².